The molecule has 0 unspecified atom stereocenters. The van der Waals surface area contributed by atoms with Crippen LogP contribution in [0.5, 0.6) is 0 Å². The first kappa shape index (κ1) is 11.6. The van der Waals surface area contributed by atoms with Crippen LogP contribution in [0.4, 0.5) is 5.69 Å². The van der Waals surface area contributed by atoms with Crippen molar-refractivity contribution in [3.63, 3.8) is 0 Å². The lowest BCUT2D eigenvalue weighted by Crippen LogP contribution is -2.19. The summed E-state index contributed by atoms with van der Waals surface area (Å²) in [6.45, 7) is 3.74. The third-order valence-corrected chi connectivity index (χ3v) is 2.62. The van der Waals surface area contributed by atoms with E-state index < -0.39 is 5.60 Å². The molecule has 0 aliphatic heterocycles. The quantitative estimate of drug-likeness (QED) is 0.822. The van der Waals surface area contributed by atoms with Crippen molar-refractivity contribution < 1.29 is 9.26 Å². The van der Waals surface area contributed by atoms with Gasteiger partial charge in [0.1, 0.15) is 5.60 Å². The van der Waals surface area contributed by atoms with Gasteiger partial charge in [0, 0.05) is 18.4 Å². The van der Waals surface area contributed by atoms with Crippen LogP contribution >= 0.6 is 0 Å². The SMILES string of the molecule is COC(C)(C)c1nc(-c2ccc(N)cc2)no1. The third kappa shape index (κ3) is 2.29. The first-order chi connectivity index (χ1) is 8.03. The molecule has 0 spiro atoms. The average Bonchev–Trinajstić information content (AvgIpc) is 2.80. The number of ether oxygens (including phenoxy) is 1. The third-order valence-electron chi connectivity index (χ3n) is 2.62. The van der Waals surface area contributed by atoms with Gasteiger partial charge < -0.3 is 15.0 Å². The molecule has 0 aliphatic carbocycles. The van der Waals surface area contributed by atoms with E-state index in [1.54, 1.807) is 19.2 Å². The lowest BCUT2D eigenvalue weighted by Gasteiger charge is -2.16. The second kappa shape index (κ2) is 4.18. The highest BCUT2D eigenvalue weighted by Crippen LogP contribution is 2.25. The number of aromatic nitrogens is 2. The maximum absolute atomic E-state index is 5.62. The van der Waals surface area contributed by atoms with Gasteiger partial charge in [0.25, 0.3) is 5.89 Å². The molecule has 0 bridgehead atoms. The van der Waals surface area contributed by atoms with Gasteiger partial charge >= 0.3 is 0 Å². The average molecular weight is 233 g/mol. The lowest BCUT2D eigenvalue weighted by molar-refractivity contribution is -0.00786. The van der Waals surface area contributed by atoms with Crippen LogP contribution in [0.1, 0.15) is 19.7 Å². The molecule has 1 aromatic heterocycles. The number of methoxy groups -OCH3 is 1. The number of hydrogen-bond donors (Lipinski definition) is 1. The standard InChI is InChI=1S/C12H15N3O2/c1-12(2,16-3)11-14-10(15-17-11)8-4-6-9(13)7-5-8/h4-7H,13H2,1-3H3. The number of benzene rings is 1. The van der Waals surface area contributed by atoms with E-state index >= 15 is 0 Å². The summed E-state index contributed by atoms with van der Waals surface area (Å²) < 4.78 is 10.5. The van der Waals surface area contributed by atoms with Crippen LogP contribution < -0.4 is 5.73 Å². The fourth-order valence-electron chi connectivity index (χ4n) is 1.30. The zero-order chi connectivity index (χ0) is 12.5. The molecular weight excluding hydrogens is 218 g/mol. The van der Waals surface area contributed by atoms with Crippen molar-refractivity contribution in [1.82, 2.24) is 10.1 Å². The number of anilines is 1. The van der Waals surface area contributed by atoms with Crippen LogP contribution in [0.25, 0.3) is 11.4 Å². The van der Waals surface area contributed by atoms with Gasteiger partial charge in [0.05, 0.1) is 0 Å². The van der Waals surface area contributed by atoms with Gasteiger partial charge in [-0.1, -0.05) is 5.16 Å². The fraction of sp³-hybridized carbons (Fsp3) is 0.333. The predicted octanol–water partition coefficient (Wildman–Crippen LogP) is 2.20. The van der Waals surface area contributed by atoms with E-state index in [0.717, 1.165) is 5.56 Å². The maximum atomic E-state index is 5.62. The second-order valence-electron chi connectivity index (χ2n) is 4.26. The maximum Gasteiger partial charge on any atom is 0.258 e. The highest BCUT2D eigenvalue weighted by atomic mass is 16.5. The Labute approximate surface area is 99.6 Å². The summed E-state index contributed by atoms with van der Waals surface area (Å²) in [5.74, 6) is 0.983. The minimum atomic E-state index is -0.584. The van der Waals surface area contributed by atoms with Crippen molar-refractivity contribution in [2.45, 2.75) is 19.4 Å². The molecular formula is C12H15N3O2. The van der Waals surface area contributed by atoms with Gasteiger partial charge in [-0.3, -0.25) is 0 Å². The Kier molecular flexibility index (Phi) is 2.85. The van der Waals surface area contributed by atoms with E-state index in [4.69, 9.17) is 15.0 Å². The summed E-state index contributed by atoms with van der Waals surface area (Å²) in [5, 5.41) is 3.92. The molecule has 0 saturated carbocycles. The van der Waals surface area contributed by atoms with Crippen molar-refractivity contribution >= 4 is 5.69 Å². The summed E-state index contributed by atoms with van der Waals surface area (Å²) in [4.78, 5) is 4.31. The number of nitrogen functional groups attached to an aromatic ring is 1. The largest absolute Gasteiger partial charge is 0.399 e. The number of rotatable bonds is 3. The molecule has 5 nitrogen and oxygen atoms in total. The molecule has 17 heavy (non-hydrogen) atoms. The molecule has 2 rings (SSSR count). The molecule has 2 N–H and O–H groups in total. The van der Waals surface area contributed by atoms with E-state index in [9.17, 15) is 0 Å². The Bertz CT molecular complexity index is 503. The minimum Gasteiger partial charge on any atom is -0.399 e. The number of hydrogen-bond acceptors (Lipinski definition) is 5. The van der Waals surface area contributed by atoms with Crippen LogP contribution in [0.2, 0.25) is 0 Å². The van der Waals surface area contributed by atoms with Gasteiger partial charge in [0.2, 0.25) is 5.82 Å². The smallest absolute Gasteiger partial charge is 0.258 e. The van der Waals surface area contributed by atoms with Gasteiger partial charge in [0.15, 0.2) is 0 Å². The molecule has 5 heteroatoms. The molecule has 0 amide bonds. The van der Waals surface area contributed by atoms with E-state index in [2.05, 4.69) is 10.1 Å². The number of nitrogens with zero attached hydrogens (tertiary/aromatic N) is 2. The van der Waals surface area contributed by atoms with E-state index in [-0.39, 0.29) is 0 Å². The van der Waals surface area contributed by atoms with Crippen molar-refractivity contribution in [3.8, 4) is 11.4 Å². The van der Waals surface area contributed by atoms with Gasteiger partial charge in [-0.05, 0) is 38.1 Å². The van der Waals surface area contributed by atoms with Gasteiger partial charge in [-0.2, -0.15) is 4.98 Å². The first-order valence-electron chi connectivity index (χ1n) is 5.28. The Morgan fingerprint density at radius 1 is 1.24 bits per heavy atom. The summed E-state index contributed by atoms with van der Waals surface area (Å²) in [7, 11) is 1.60. The first-order valence-corrected chi connectivity index (χ1v) is 5.28. The summed E-state index contributed by atoms with van der Waals surface area (Å²) in [6, 6.07) is 7.30. The monoisotopic (exact) mass is 233 g/mol. The normalized spacial score (nSPS) is 11.7. The van der Waals surface area contributed by atoms with Crippen LogP contribution in [0, 0.1) is 0 Å². The van der Waals surface area contributed by atoms with E-state index in [1.807, 2.05) is 26.0 Å². The summed E-state index contributed by atoms with van der Waals surface area (Å²) in [6.07, 6.45) is 0. The van der Waals surface area contributed by atoms with Crippen LogP contribution in [-0.2, 0) is 10.3 Å². The molecule has 0 atom stereocenters. The molecule has 2 aromatic rings. The topological polar surface area (TPSA) is 74.2 Å². The minimum absolute atomic E-state index is 0.451. The molecule has 90 valence electrons. The predicted molar refractivity (Wildman–Crippen MR) is 64.2 cm³/mol. The Balaban J connectivity index is 2.33. The summed E-state index contributed by atoms with van der Waals surface area (Å²) >= 11 is 0. The molecule has 0 saturated heterocycles. The Morgan fingerprint density at radius 2 is 1.88 bits per heavy atom. The van der Waals surface area contributed by atoms with Gasteiger partial charge in [-0.25, -0.2) is 0 Å². The van der Waals surface area contributed by atoms with Crippen molar-refractivity contribution in [2.75, 3.05) is 12.8 Å². The second-order valence-corrected chi connectivity index (χ2v) is 4.26. The highest BCUT2D eigenvalue weighted by molar-refractivity contribution is 5.58. The van der Waals surface area contributed by atoms with Crippen LogP contribution in [0.15, 0.2) is 28.8 Å². The zero-order valence-corrected chi connectivity index (χ0v) is 10.1. The van der Waals surface area contributed by atoms with Crippen molar-refractivity contribution in [3.05, 3.63) is 30.2 Å². The number of nitrogens with two attached hydrogens (primary N) is 1. The van der Waals surface area contributed by atoms with Crippen LogP contribution in [0.3, 0.4) is 0 Å². The van der Waals surface area contributed by atoms with Gasteiger partial charge in [-0.15, -0.1) is 0 Å². The van der Waals surface area contributed by atoms with E-state index in [0.29, 0.717) is 17.4 Å². The molecule has 0 radical (unpaired) electrons. The molecule has 0 fully saturated rings. The lowest BCUT2D eigenvalue weighted by atomic mass is 10.1. The molecule has 0 aliphatic rings. The molecule has 1 aromatic carbocycles. The summed E-state index contributed by atoms with van der Waals surface area (Å²) in [5.41, 5.74) is 6.60. The fourth-order valence-corrected chi connectivity index (χ4v) is 1.30. The highest BCUT2D eigenvalue weighted by Gasteiger charge is 2.27. The van der Waals surface area contributed by atoms with E-state index in [1.165, 1.54) is 0 Å². The Morgan fingerprint density at radius 3 is 2.47 bits per heavy atom. The Hall–Kier alpha value is -1.88. The van der Waals surface area contributed by atoms with Crippen LogP contribution in [-0.4, -0.2) is 17.3 Å². The zero-order valence-electron chi connectivity index (χ0n) is 10.1. The van der Waals surface area contributed by atoms with Crippen molar-refractivity contribution in [2.24, 2.45) is 0 Å². The molecule has 1 heterocycles. The van der Waals surface area contributed by atoms with Crippen molar-refractivity contribution in [1.29, 1.82) is 0 Å².